The summed E-state index contributed by atoms with van der Waals surface area (Å²) in [6.07, 6.45) is 7.21. The topological polar surface area (TPSA) is 89.8 Å². The predicted octanol–water partition coefficient (Wildman–Crippen LogP) is 2.75. The summed E-state index contributed by atoms with van der Waals surface area (Å²) in [7, 11) is 0. The fourth-order valence-corrected chi connectivity index (χ4v) is 4.68. The van der Waals surface area contributed by atoms with Gasteiger partial charge in [0, 0.05) is 29.0 Å². The minimum Gasteiger partial charge on any atom is -0.301 e. The fourth-order valence-electron chi connectivity index (χ4n) is 3.26. The van der Waals surface area contributed by atoms with Crippen LogP contribution in [0.4, 0.5) is 5.13 Å². The van der Waals surface area contributed by atoms with E-state index >= 15 is 0 Å². The molecule has 7 nitrogen and oxygen atoms in total. The number of nitrogens with one attached hydrogen (secondary N) is 1. The number of carbonyl (C=O) groups is 1. The molecule has 0 spiro atoms. The van der Waals surface area contributed by atoms with Crippen LogP contribution in [-0.4, -0.2) is 31.2 Å². The van der Waals surface area contributed by atoms with Gasteiger partial charge in [0.2, 0.25) is 5.91 Å². The maximum absolute atomic E-state index is 12.7. The molecule has 0 saturated heterocycles. The molecule has 0 radical (unpaired) electrons. The van der Waals surface area contributed by atoms with Gasteiger partial charge in [0.25, 0.3) is 0 Å². The maximum Gasteiger partial charge on any atom is 0.349 e. The highest BCUT2D eigenvalue weighted by Crippen LogP contribution is 2.28. The molecule has 1 aliphatic carbocycles. The smallest absolute Gasteiger partial charge is 0.301 e. The monoisotopic (exact) mass is 413 g/mol. The van der Waals surface area contributed by atoms with E-state index in [4.69, 9.17) is 0 Å². The maximum atomic E-state index is 12.7. The zero-order valence-corrected chi connectivity index (χ0v) is 16.8. The summed E-state index contributed by atoms with van der Waals surface area (Å²) in [6, 6.07) is 5.68. The molecule has 0 bridgehead atoms. The molecule has 0 aliphatic heterocycles. The van der Waals surface area contributed by atoms with E-state index in [2.05, 4.69) is 20.3 Å². The molecule has 144 valence electrons. The molecule has 0 unspecified atom stereocenters. The van der Waals surface area contributed by atoms with E-state index < -0.39 is 0 Å². The number of carbonyl (C=O) groups excluding carboxylic acids is 1. The predicted molar refractivity (Wildman–Crippen MR) is 110 cm³/mol. The lowest BCUT2D eigenvalue weighted by molar-refractivity contribution is -0.113. The van der Waals surface area contributed by atoms with Crippen molar-refractivity contribution in [1.82, 2.24) is 19.5 Å². The van der Waals surface area contributed by atoms with Gasteiger partial charge < -0.3 is 5.32 Å². The molecule has 0 saturated carbocycles. The molecule has 1 aliphatic rings. The van der Waals surface area contributed by atoms with Crippen molar-refractivity contribution < 1.29 is 4.79 Å². The van der Waals surface area contributed by atoms with Gasteiger partial charge in [-0.3, -0.25) is 14.3 Å². The molecule has 28 heavy (non-hydrogen) atoms. The zero-order chi connectivity index (χ0) is 19.3. The third-order valence-electron chi connectivity index (χ3n) is 4.52. The Morgan fingerprint density at radius 1 is 1.21 bits per heavy atom. The number of aromatic nitrogens is 4. The van der Waals surface area contributed by atoms with Crippen molar-refractivity contribution in [3.63, 3.8) is 0 Å². The van der Waals surface area contributed by atoms with Gasteiger partial charge in [0.15, 0.2) is 5.13 Å². The quantitative estimate of drug-likeness (QED) is 0.494. The second-order valence-corrected chi connectivity index (χ2v) is 8.27. The summed E-state index contributed by atoms with van der Waals surface area (Å²) in [5, 5.41) is 5.81. The van der Waals surface area contributed by atoms with Crippen LogP contribution >= 0.6 is 23.1 Å². The summed E-state index contributed by atoms with van der Waals surface area (Å²) in [4.78, 5) is 37.6. The van der Waals surface area contributed by atoms with E-state index in [1.54, 1.807) is 17.0 Å². The number of hydrogen-bond donors (Lipinski definition) is 1. The molecule has 0 fully saturated rings. The number of hydrogen-bond acceptors (Lipinski definition) is 7. The number of thiazole rings is 1. The van der Waals surface area contributed by atoms with Crippen LogP contribution < -0.4 is 11.0 Å². The number of pyridine rings is 1. The molecular formula is C19H19N5O2S2. The van der Waals surface area contributed by atoms with E-state index in [1.165, 1.54) is 23.1 Å². The van der Waals surface area contributed by atoms with Crippen LogP contribution in [0.15, 0.2) is 45.8 Å². The average Bonchev–Trinajstić information content (AvgIpc) is 3.22. The summed E-state index contributed by atoms with van der Waals surface area (Å²) < 4.78 is 1.73. The Labute approximate surface area is 170 Å². The van der Waals surface area contributed by atoms with Gasteiger partial charge in [-0.1, -0.05) is 17.8 Å². The van der Waals surface area contributed by atoms with Crippen LogP contribution in [0.5, 0.6) is 0 Å². The Kier molecular flexibility index (Phi) is 5.82. The van der Waals surface area contributed by atoms with Crippen molar-refractivity contribution in [2.24, 2.45) is 0 Å². The first-order chi connectivity index (χ1) is 13.7. The van der Waals surface area contributed by atoms with Crippen molar-refractivity contribution in [3.05, 3.63) is 63.4 Å². The lowest BCUT2D eigenvalue weighted by Gasteiger charge is -2.22. The van der Waals surface area contributed by atoms with Crippen LogP contribution in [0.2, 0.25) is 0 Å². The number of thioether (sulfide) groups is 1. The van der Waals surface area contributed by atoms with Crippen LogP contribution in [0.3, 0.4) is 0 Å². The summed E-state index contributed by atoms with van der Waals surface area (Å²) >= 11 is 2.69. The molecule has 1 amide bonds. The second-order valence-electron chi connectivity index (χ2n) is 6.41. The Morgan fingerprint density at radius 3 is 2.89 bits per heavy atom. The lowest BCUT2D eigenvalue weighted by atomic mass is 9.97. The van der Waals surface area contributed by atoms with Crippen molar-refractivity contribution in [2.75, 3.05) is 11.1 Å². The number of anilines is 1. The molecule has 3 heterocycles. The molecule has 3 aromatic rings. The van der Waals surface area contributed by atoms with E-state index in [0.717, 1.165) is 42.6 Å². The van der Waals surface area contributed by atoms with Gasteiger partial charge in [-0.05, 0) is 37.8 Å². The fraction of sp³-hybridized carbons (Fsp3) is 0.316. The molecular weight excluding hydrogens is 394 g/mol. The first kappa shape index (κ1) is 18.8. The minimum atomic E-state index is -0.283. The number of fused-ring (bicyclic) bond motifs is 1. The third kappa shape index (κ3) is 4.31. The highest BCUT2D eigenvalue weighted by atomic mass is 32.2. The van der Waals surface area contributed by atoms with E-state index in [-0.39, 0.29) is 17.3 Å². The van der Waals surface area contributed by atoms with Gasteiger partial charge in [-0.2, -0.15) is 4.98 Å². The van der Waals surface area contributed by atoms with Gasteiger partial charge in [-0.25, -0.2) is 9.78 Å². The first-order valence-corrected chi connectivity index (χ1v) is 10.9. The van der Waals surface area contributed by atoms with Gasteiger partial charge in [0.05, 0.1) is 18.0 Å². The Hall–Kier alpha value is -2.52. The Bertz CT molecular complexity index is 1020. The number of rotatable bonds is 6. The molecule has 0 atom stereocenters. The number of nitrogens with zero attached hydrogens (tertiary/aromatic N) is 4. The molecule has 0 aromatic carbocycles. The van der Waals surface area contributed by atoms with Crippen LogP contribution in [0, 0.1) is 0 Å². The van der Waals surface area contributed by atoms with Crippen molar-refractivity contribution in [2.45, 2.75) is 37.3 Å². The third-order valence-corrected chi connectivity index (χ3v) is 6.22. The van der Waals surface area contributed by atoms with Crippen LogP contribution in [-0.2, 0) is 24.2 Å². The summed E-state index contributed by atoms with van der Waals surface area (Å²) in [6.45, 7) is 0.421. The molecule has 1 N–H and O–H groups in total. The molecule has 3 aromatic heterocycles. The largest absolute Gasteiger partial charge is 0.349 e. The highest BCUT2D eigenvalue weighted by molar-refractivity contribution is 8.00. The second kappa shape index (κ2) is 8.66. The van der Waals surface area contributed by atoms with E-state index in [0.29, 0.717) is 16.7 Å². The molecule has 4 rings (SSSR count). The minimum absolute atomic E-state index is 0.149. The first-order valence-electron chi connectivity index (χ1n) is 9.05. The Morgan fingerprint density at radius 2 is 2.11 bits per heavy atom. The van der Waals surface area contributed by atoms with Crippen molar-refractivity contribution in [3.8, 4) is 0 Å². The van der Waals surface area contributed by atoms with Crippen molar-refractivity contribution >= 4 is 34.1 Å². The van der Waals surface area contributed by atoms with E-state index in [9.17, 15) is 9.59 Å². The summed E-state index contributed by atoms with van der Waals surface area (Å²) in [5.41, 5.74) is 2.67. The van der Waals surface area contributed by atoms with Crippen LogP contribution in [0.25, 0.3) is 0 Å². The molecule has 9 heteroatoms. The van der Waals surface area contributed by atoms with Gasteiger partial charge in [0.1, 0.15) is 5.03 Å². The Balaban J connectivity index is 1.56. The highest BCUT2D eigenvalue weighted by Gasteiger charge is 2.21. The van der Waals surface area contributed by atoms with Crippen molar-refractivity contribution in [1.29, 1.82) is 0 Å². The van der Waals surface area contributed by atoms with Gasteiger partial charge >= 0.3 is 5.69 Å². The SMILES string of the molecule is O=C(CSc1nc(=O)n(Cc2ccccn2)c2c1CCCC2)Nc1nccs1. The van der Waals surface area contributed by atoms with Gasteiger partial charge in [-0.15, -0.1) is 11.3 Å². The normalized spacial score (nSPS) is 13.1. The average molecular weight is 414 g/mol. The summed E-state index contributed by atoms with van der Waals surface area (Å²) in [5.74, 6) is 0.0480. The zero-order valence-electron chi connectivity index (χ0n) is 15.1. The lowest BCUT2D eigenvalue weighted by Crippen LogP contribution is -2.31. The standard InChI is InChI=1S/C19H19N5O2S2/c25-16(22-18-21-9-10-27-18)12-28-17-14-6-1-2-7-15(14)24(19(26)23-17)11-13-5-3-4-8-20-13/h3-5,8-10H,1-2,6-7,11-12H2,(H,21,22,25). The number of amides is 1. The van der Waals surface area contributed by atoms with Crippen LogP contribution in [0.1, 0.15) is 29.8 Å². The van der Waals surface area contributed by atoms with E-state index in [1.807, 2.05) is 23.6 Å².